The molecule has 0 spiro atoms. The minimum absolute atomic E-state index is 0.112. The molecule has 4 rings (SSSR count). The lowest BCUT2D eigenvalue weighted by molar-refractivity contribution is 0.165. The summed E-state index contributed by atoms with van der Waals surface area (Å²) in [7, 11) is 0. The summed E-state index contributed by atoms with van der Waals surface area (Å²) in [5.74, 6) is 0.928. The molecule has 122 valence electrons. The average molecular weight is 324 g/mol. The molecule has 24 heavy (non-hydrogen) atoms. The Balaban J connectivity index is 1.53. The molecule has 0 saturated carbocycles. The van der Waals surface area contributed by atoms with Crippen molar-refractivity contribution in [2.75, 3.05) is 6.54 Å². The van der Waals surface area contributed by atoms with E-state index in [1.165, 1.54) is 11.6 Å². The summed E-state index contributed by atoms with van der Waals surface area (Å²) in [5, 5.41) is 4.03. The Kier molecular flexibility index (Phi) is 3.82. The van der Waals surface area contributed by atoms with Crippen molar-refractivity contribution in [3.05, 3.63) is 65.6 Å². The second-order valence-corrected chi connectivity index (χ2v) is 5.99. The number of aromatic nitrogens is 3. The van der Waals surface area contributed by atoms with Crippen LogP contribution in [0.25, 0.3) is 11.4 Å². The summed E-state index contributed by atoms with van der Waals surface area (Å²) in [6.45, 7) is 3.51. The highest BCUT2D eigenvalue weighted by atomic mass is 19.1. The van der Waals surface area contributed by atoms with Crippen LogP contribution in [0.1, 0.15) is 30.0 Å². The maximum absolute atomic E-state index is 13.5. The van der Waals surface area contributed by atoms with Crippen LogP contribution < -0.4 is 0 Å². The van der Waals surface area contributed by atoms with Gasteiger partial charge in [0.1, 0.15) is 5.82 Å². The van der Waals surface area contributed by atoms with Crippen LogP contribution in [0.3, 0.4) is 0 Å². The molecule has 0 N–H and O–H groups in total. The molecule has 2 aromatic heterocycles. The zero-order valence-corrected chi connectivity index (χ0v) is 13.3. The van der Waals surface area contributed by atoms with Crippen molar-refractivity contribution in [2.45, 2.75) is 25.9 Å². The van der Waals surface area contributed by atoms with Gasteiger partial charge in [0, 0.05) is 30.5 Å². The van der Waals surface area contributed by atoms with E-state index in [1.54, 1.807) is 18.5 Å². The standard InChI is InChI=1S/C18H17FN4O/c1-12-16-10-15(19)3-2-13(16)6-9-23(12)11-17-21-18(22-24-17)14-4-7-20-8-5-14/h2-5,7-8,10,12H,6,9,11H2,1H3. The Labute approximate surface area is 139 Å². The minimum Gasteiger partial charge on any atom is -0.338 e. The molecule has 0 amide bonds. The molecule has 3 aromatic rings. The van der Waals surface area contributed by atoms with Crippen molar-refractivity contribution < 1.29 is 8.91 Å². The predicted octanol–water partition coefficient (Wildman–Crippen LogP) is 3.39. The van der Waals surface area contributed by atoms with E-state index < -0.39 is 0 Å². The van der Waals surface area contributed by atoms with E-state index in [1.807, 2.05) is 18.2 Å². The first-order valence-corrected chi connectivity index (χ1v) is 7.96. The lowest BCUT2D eigenvalue weighted by Crippen LogP contribution is -2.33. The summed E-state index contributed by atoms with van der Waals surface area (Å²) in [5.41, 5.74) is 3.12. The lowest BCUT2D eigenvalue weighted by Gasteiger charge is -2.34. The molecule has 1 aliphatic rings. The second-order valence-electron chi connectivity index (χ2n) is 5.99. The number of halogens is 1. The second kappa shape index (κ2) is 6.13. The van der Waals surface area contributed by atoms with Crippen molar-refractivity contribution in [1.29, 1.82) is 0 Å². The first-order valence-electron chi connectivity index (χ1n) is 7.96. The SMILES string of the molecule is CC1c2cc(F)ccc2CCN1Cc1nc(-c2ccncc2)no1. The molecule has 0 radical (unpaired) electrons. The minimum atomic E-state index is -0.194. The molecule has 1 aromatic carbocycles. The normalized spacial score (nSPS) is 17.7. The molecule has 6 heteroatoms. The van der Waals surface area contributed by atoms with E-state index in [0.717, 1.165) is 24.1 Å². The third-order valence-corrected chi connectivity index (χ3v) is 4.52. The van der Waals surface area contributed by atoms with Gasteiger partial charge in [-0.1, -0.05) is 11.2 Å². The molecule has 3 heterocycles. The van der Waals surface area contributed by atoms with Gasteiger partial charge in [-0.15, -0.1) is 0 Å². The fraction of sp³-hybridized carbons (Fsp3) is 0.278. The monoisotopic (exact) mass is 324 g/mol. The van der Waals surface area contributed by atoms with Crippen LogP contribution in [0.15, 0.2) is 47.2 Å². The van der Waals surface area contributed by atoms with Gasteiger partial charge in [0.25, 0.3) is 0 Å². The molecule has 0 saturated heterocycles. The van der Waals surface area contributed by atoms with Crippen LogP contribution in [0, 0.1) is 5.82 Å². The molecular formula is C18H17FN4O. The van der Waals surface area contributed by atoms with Crippen LogP contribution in [0.5, 0.6) is 0 Å². The van der Waals surface area contributed by atoms with Crippen LogP contribution >= 0.6 is 0 Å². The summed E-state index contributed by atoms with van der Waals surface area (Å²) in [6.07, 6.45) is 4.29. The number of hydrogen-bond donors (Lipinski definition) is 0. The lowest BCUT2D eigenvalue weighted by atomic mass is 9.93. The number of hydrogen-bond acceptors (Lipinski definition) is 5. The first kappa shape index (κ1) is 15.0. The summed E-state index contributed by atoms with van der Waals surface area (Å²) >= 11 is 0. The smallest absolute Gasteiger partial charge is 0.241 e. The van der Waals surface area contributed by atoms with Crippen LogP contribution in [0.2, 0.25) is 0 Å². The highest BCUT2D eigenvalue weighted by molar-refractivity contribution is 5.52. The summed E-state index contributed by atoms with van der Waals surface area (Å²) in [6, 6.07) is 8.84. The van der Waals surface area contributed by atoms with Gasteiger partial charge < -0.3 is 4.52 Å². The number of fused-ring (bicyclic) bond motifs is 1. The van der Waals surface area contributed by atoms with Crippen molar-refractivity contribution in [1.82, 2.24) is 20.0 Å². The summed E-state index contributed by atoms with van der Waals surface area (Å²) in [4.78, 5) is 10.7. The van der Waals surface area contributed by atoms with Crippen molar-refractivity contribution in [3.63, 3.8) is 0 Å². The number of rotatable bonds is 3. The average Bonchev–Trinajstić information content (AvgIpc) is 3.07. The Morgan fingerprint density at radius 1 is 1.25 bits per heavy atom. The largest absolute Gasteiger partial charge is 0.338 e. The zero-order valence-electron chi connectivity index (χ0n) is 13.3. The molecule has 0 aliphatic carbocycles. The van der Waals surface area contributed by atoms with Gasteiger partial charge in [-0.3, -0.25) is 9.88 Å². The van der Waals surface area contributed by atoms with E-state index in [4.69, 9.17) is 4.52 Å². The van der Waals surface area contributed by atoms with Gasteiger partial charge in [0.05, 0.1) is 6.54 Å². The number of benzene rings is 1. The molecule has 0 bridgehead atoms. The van der Waals surface area contributed by atoms with Gasteiger partial charge >= 0.3 is 0 Å². The maximum Gasteiger partial charge on any atom is 0.241 e. The van der Waals surface area contributed by atoms with Crippen molar-refractivity contribution >= 4 is 0 Å². The zero-order chi connectivity index (χ0) is 16.5. The Morgan fingerprint density at radius 2 is 2.08 bits per heavy atom. The third kappa shape index (κ3) is 2.80. The first-order chi connectivity index (χ1) is 11.7. The number of pyridine rings is 1. The van der Waals surface area contributed by atoms with Crippen molar-refractivity contribution in [3.8, 4) is 11.4 Å². The molecule has 1 aliphatic heterocycles. The van der Waals surface area contributed by atoms with Crippen LogP contribution in [0.4, 0.5) is 4.39 Å². The van der Waals surface area contributed by atoms with E-state index in [0.29, 0.717) is 18.3 Å². The Bertz CT molecular complexity index is 849. The van der Waals surface area contributed by atoms with E-state index >= 15 is 0 Å². The van der Waals surface area contributed by atoms with Gasteiger partial charge in [0.2, 0.25) is 11.7 Å². The molecule has 5 nitrogen and oxygen atoms in total. The molecule has 1 unspecified atom stereocenters. The Hall–Kier alpha value is -2.60. The molecule has 1 atom stereocenters. The maximum atomic E-state index is 13.5. The highest BCUT2D eigenvalue weighted by Gasteiger charge is 2.25. The van der Waals surface area contributed by atoms with Gasteiger partial charge in [-0.2, -0.15) is 4.98 Å². The van der Waals surface area contributed by atoms with Crippen LogP contribution in [-0.4, -0.2) is 26.6 Å². The van der Waals surface area contributed by atoms with Crippen molar-refractivity contribution in [2.24, 2.45) is 0 Å². The predicted molar refractivity (Wildman–Crippen MR) is 86.5 cm³/mol. The molecular weight excluding hydrogens is 307 g/mol. The quantitative estimate of drug-likeness (QED) is 0.739. The topological polar surface area (TPSA) is 55.1 Å². The molecule has 0 fully saturated rings. The number of nitrogens with zero attached hydrogens (tertiary/aromatic N) is 4. The fourth-order valence-electron chi connectivity index (χ4n) is 3.16. The fourth-order valence-corrected chi connectivity index (χ4v) is 3.16. The van der Waals surface area contributed by atoms with Gasteiger partial charge in [0.15, 0.2) is 0 Å². The highest BCUT2D eigenvalue weighted by Crippen LogP contribution is 2.31. The van der Waals surface area contributed by atoms with Crippen LogP contribution in [-0.2, 0) is 13.0 Å². The summed E-state index contributed by atoms with van der Waals surface area (Å²) < 4.78 is 18.9. The van der Waals surface area contributed by atoms with E-state index in [9.17, 15) is 4.39 Å². The van der Waals surface area contributed by atoms with E-state index in [-0.39, 0.29) is 11.9 Å². The third-order valence-electron chi connectivity index (χ3n) is 4.52. The van der Waals surface area contributed by atoms with E-state index in [2.05, 4.69) is 26.9 Å². The van der Waals surface area contributed by atoms with Gasteiger partial charge in [-0.05, 0) is 48.7 Å². The Morgan fingerprint density at radius 3 is 2.92 bits per heavy atom. The van der Waals surface area contributed by atoms with Gasteiger partial charge in [-0.25, -0.2) is 4.39 Å².